The van der Waals surface area contributed by atoms with E-state index < -0.39 is 0 Å². The number of aryl methyl sites for hydroxylation is 4. The lowest BCUT2D eigenvalue weighted by molar-refractivity contribution is -0.131. The summed E-state index contributed by atoms with van der Waals surface area (Å²) in [4.78, 5) is 81.2. The third-order valence-corrected chi connectivity index (χ3v) is 11.9. The summed E-state index contributed by atoms with van der Waals surface area (Å²) in [5.74, 6) is 0.113. The van der Waals surface area contributed by atoms with Gasteiger partial charge in [-0.15, -0.1) is 0 Å². The summed E-state index contributed by atoms with van der Waals surface area (Å²) < 4.78 is 6.52. The van der Waals surface area contributed by atoms with E-state index in [9.17, 15) is 28.8 Å². The van der Waals surface area contributed by atoms with Crippen LogP contribution in [0, 0.1) is 27.7 Å². The molecule has 2 saturated heterocycles. The Morgan fingerprint density at radius 1 is 0.593 bits per heavy atom. The Hall–Kier alpha value is -4.46. The molecule has 13 heteroatoms. The zero-order valence-electron chi connectivity index (χ0n) is 36.4. The van der Waals surface area contributed by atoms with Crippen molar-refractivity contribution in [2.45, 2.75) is 117 Å². The molecular formula is C46H68N6O7. The second kappa shape index (κ2) is 24.0. The van der Waals surface area contributed by atoms with Crippen LogP contribution in [0.1, 0.15) is 120 Å². The number of hydrogen-bond acceptors (Lipinski definition) is 9. The molecule has 0 spiro atoms. The van der Waals surface area contributed by atoms with Gasteiger partial charge in [0.25, 0.3) is 0 Å². The Balaban J connectivity index is 0.995. The van der Waals surface area contributed by atoms with E-state index in [2.05, 4.69) is 20.4 Å². The van der Waals surface area contributed by atoms with E-state index in [1.807, 2.05) is 53.9 Å². The molecule has 2 aromatic carbocycles. The quantitative estimate of drug-likeness (QED) is 0.106. The molecule has 0 aromatic heterocycles. The molecule has 0 atom stereocenters. The molecule has 0 unspecified atom stereocenters. The number of benzene rings is 2. The normalized spacial score (nSPS) is 15.4. The summed E-state index contributed by atoms with van der Waals surface area (Å²) in [6.45, 7) is 13.9. The molecule has 2 aliphatic rings. The second-order valence-electron chi connectivity index (χ2n) is 16.6. The van der Waals surface area contributed by atoms with Gasteiger partial charge >= 0.3 is 0 Å². The first-order chi connectivity index (χ1) is 28.3. The SMILES string of the molecule is Cc1cc(NC(=O)CCCCN(C)C(=O)CCN2CCC(OC3CCN(CCC(=O)N(C)CCCCC(=O)Nc4cc(C)c(C=O)cc4C)CC3)CC2)c(C)cc1C=O. The lowest BCUT2D eigenvalue weighted by atomic mass is 10.0. The predicted octanol–water partition coefficient (Wildman–Crippen LogP) is 6.11. The first kappa shape index (κ1) is 47.2. The number of carbonyl (C=O) groups excluding carboxylic acids is 6. The maximum atomic E-state index is 12.8. The van der Waals surface area contributed by atoms with Crippen LogP contribution < -0.4 is 10.6 Å². The minimum absolute atomic E-state index is 0.0666. The maximum Gasteiger partial charge on any atom is 0.224 e. The third kappa shape index (κ3) is 15.6. The van der Waals surface area contributed by atoms with Crippen molar-refractivity contribution in [3.8, 4) is 0 Å². The van der Waals surface area contributed by atoms with Crippen LogP contribution in [0.5, 0.6) is 0 Å². The molecule has 2 N–H and O–H groups in total. The summed E-state index contributed by atoms with van der Waals surface area (Å²) >= 11 is 0. The first-order valence-corrected chi connectivity index (χ1v) is 21.6. The van der Waals surface area contributed by atoms with E-state index >= 15 is 0 Å². The molecule has 2 fully saturated rings. The molecule has 4 amide bonds. The molecule has 2 heterocycles. The smallest absolute Gasteiger partial charge is 0.224 e. The van der Waals surface area contributed by atoms with Gasteiger partial charge in [0.2, 0.25) is 23.6 Å². The topological polar surface area (TPSA) is 149 Å². The van der Waals surface area contributed by atoms with Crippen LogP contribution in [0.25, 0.3) is 0 Å². The number of likely N-dealkylation sites (tertiary alicyclic amines) is 2. The Bertz CT molecular complexity index is 1620. The van der Waals surface area contributed by atoms with Gasteiger partial charge in [-0.25, -0.2) is 0 Å². The number of carbonyl (C=O) groups is 6. The highest BCUT2D eigenvalue weighted by molar-refractivity contribution is 5.93. The fourth-order valence-corrected chi connectivity index (χ4v) is 7.84. The van der Waals surface area contributed by atoms with Gasteiger partial charge in [-0.3, -0.25) is 28.8 Å². The third-order valence-electron chi connectivity index (χ3n) is 11.9. The van der Waals surface area contributed by atoms with Crippen molar-refractivity contribution < 1.29 is 33.5 Å². The number of nitrogens with one attached hydrogen (secondary N) is 2. The van der Waals surface area contributed by atoms with Crippen molar-refractivity contribution in [2.24, 2.45) is 0 Å². The minimum Gasteiger partial charge on any atom is -0.375 e. The predicted molar refractivity (Wildman–Crippen MR) is 232 cm³/mol. The fraction of sp³-hybridized carbons (Fsp3) is 0.609. The molecule has 0 saturated carbocycles. The number of unbranched alkanes of at least 4 members (excludes halogenated alkanes) is 2. The Morgan fingerprint density at radius 3 is 1.32 bits per heavy atom. The van der Waals surface area contributed by atoms with E-state index in [-0.39, 0.29) is 35.8 Å². The highest BCUT2D eigenvalue weighted by Crippen LogP contribution is 2.23. The number of aldehydes is 2. The number of rotatable bonds is 22. The van der Waals surface area contributed by atoms with Gasteiger partial charge in [0.15, 0.2) is 0 Å². The summed E-state index contributed by atoms with van der Waals surface area (Å²) in [6.07, 6.45) is 10.6. The molecular weight excluding hydrogens is 749 g/mol. The zero-order chi connectivity index (χ0) is 42.9. The number of nitrogens with zero attached hydrogens (tertiary/aromatic N) is 4. The summed E-state index contributed by atoms with van der Waals surface area (Å²) in [5, 5.41) is 5.90. The Kier molecular flexibility index (Phi) is 19.2. The Morgan fingerprint density at radius 2 is 0.966 bits per heavy atom. The molecule has 0 bridgehead atoms. The molecule has 0 radical (unpaired) electrons. The van der Waals surface area contributed by atoms with Crippen molar-refractivity contribution >= 4 is 47.6 Å². The van der Waals surface area contributed by atoms with Crippen LogP contribution in [0.3, 0.4) is 0 Å². The lowest BCUT2D eigenvalue weighted by Crippen LogP contribution is -2.43. The highest BCUT2D eigenvalue weighted by atomic mass is 16.5. The summed E-state index contributed by atoms with van der Waals surface area (Å²) in [6, 6.07) is 7.24. The highest BCUT2D eigenvalue weighted by Gasteiger charge is 2.27. The second-order valence-corrected chi connectivity index (χ2v) is 16.6. The van der Waals surface area contributed by atoms with E-state index in [1.165, 1.54) is 0 Å². The van der Waals surface area contributed by atoms with Crippen molar-refractivity contribution in [2.75, 3.05) is 77.1 Å². The number of hydrogen-bond donors (Lipinski definition) is 2. The number of piperidine rings is 2. The van der Waals surface area contributed by atoms with Crippen molar-refractivity contribution in [3.63, 3.8) is 0 Å². The molecule has 324 valence electrons. The molecule has 59 heavy (non-hydrogen) atoms. The van der Waals surface area contributed by atoms with Crippen LogP contribution in [0.15, 0.2) is 24.3 Å². The van der Waals surface area contributed by atoms with E-state index in [0.29, 0.717) is 62.7 Å². The molecule has 2 aromatic rings. The summed E-state index contributed by atoms with van der Waals surface area (Å²) in [7, 11) is 3.67. The van der Waals surface area contributed by atoms with Crippen LogP contribution in [-0.4, -0.2) is 134 Å². The Labute approximate surface area is 351 Å². The fourth-order valence-electron chi connectivity index (χ4n) is 7.84. The van der Waals surface area contributed by atoms with Gasteiger partial charge in [-0.1, -0.05) is 0 Å². The zero-order valence-corrected chi connectivity index (χ0v) is 36.4. The number of anilines is 2. The van der Waals surface area contributed by atoms with Crippen LogP contribution in [-0.2, 0) is 23.9 Å². The van der Waals surface area contributed by atoms with Crippen LogP contribution >= 0.6 is 0 Å². The average Bonchev–Trinajstić information content (AvgIpc) is 3.22. The van der Waals surface area contributed by atoms with Crippen molar-refractivity contribution in [1.29, 1.82) is 0 Å². The average molecular weight is 817 g/mol. The number of ether oxygens (including phenoxy) is 1. The van der Waals surface area contributed by atoms with E-state index in [0.717, 1.165) is 124 Å². The standard InChI is InChI=1S/C46H68N6O7/c1-33-29-41(35(3)27-37(33)31-53)47-43(55)11-7-9-19-49(5)45(57)17-25-51-21-13-39(14-22-51)59-40-15-23-52(24-16-40)26-18-46(58)50(6)20-10-8-12-44(56)48-42-30-34(2)38(32-54)28-36(42)4/h27-32,39-40H,7-26H2,1-6H3,(H,47,55)(H,48,56). The van der Waals surface area contributed by atoms with Crippen LogP contribution in [0.2, 0.25) is 0 Å². The largest absolute Gasteiger partial charge is 0.375 e. The van der Waals surface area contributed by atoms with Crippen molar-refractivity contribution in [1.82, 2.24) is 19.6 Å². The number of amides is 4. The van der Waals surface area contributed by atoms with Crippen molar-refractivity contribution in [3.05, 3.63) is 57.6 Å². The summed E-state index contributed by atoms with van der Waals surface area (Å²) in [5.41, 5.74) is 6.08. The molecule has 13 nitrogen and oxygen atoms in total. The van der Waals surface area contributed by atoms with Gasteiger partial charge in [-0.2, -0.15) is 0 Å². The molecule has 2 aliphatic heterocycles. The van der Waals surface area contributed by atoms with Gasteiger partial charge < -0.3 is 35.0 Å². The van der Waals surface area contributed by atoms with E-state index in [1.54, 1.807) is 21.9 Å². The monoisotopic (exact) mass is 817 g/mol. The first-order valence-electron chi connectivity index (χ1n) is 21.6. The van der Waals surface area contributed by atoms with E-state index in [4.69, 9.17) is 4.74 Å². The van der Waals surface area contributed by atoms with Gasteiger partial charge in [0.1, 0.15) is 12.6 Å². The molecule has 0 aliphatic carbocycles. The van der Waals surface area contributed by atoms with Gasteiger partial charge in [0, 0.05) is 115 Å². The maximum absolute atomic E-state index is 12.8. The minimum atomic E-state index is -0.0666. The van der Waals surface area contributed by atoms with Crippen LogP contribution in [0.4, 0.5) is 11.4 Å². The molecule has 4 rings (SSSR count). The lowest BCUT2D eigenvalue weighted by Gasteiger charge is -2.37. The van der Waals surface area contributed by atoms with Gasteiger partial charge in [0.05, 0.1) is 12.2 Å². The van der Waals surface area contributed by atoms with Gasteiger partial charge in [-0.05, 0) is 126 Å².